The number of carboxylic acid groups (broad SMARTS) is 1. The maximum atomic E-state index is 11.0. The van der Waals surface area contributed by atoms with Crippen LogP contribution in [0.1, 0.15) is 31.2 Å². The molecule has 2 aliphatic rings. The molecule has 21 heavy (non-hydrogen) atoms. The fraction of sp³-hybridized carbons (Fsp3) is 0.562. The van der Waals surface area contributed by atoms with Crippen LogP contribution in [0.15, 0.2) is 22.7 Å². The summed E-state index contributed by atoms with van der Waals surface area (Å²) in [5.74, 6) is 0. The van der Waals surface area contributed by atoms with E-state index in [0.717, 1.165) is 30.3 Å². The lowest BCUT2D eigenvalue weighted by atomic mass is 10.0. The summed E-state index contributed by atoms with van der Waals surface area (Å²) in [7, 11) is 0. The minimum atomic E-state index is -0.784. The summed E-state index contributed by atoms with van der Waals surface area (Å²) in [4.78, 5) is 15.1. The smallest absolute Gasteiger partial charge is 0.407 e. The summed E-state index contributed by atoms with van der Waals surface area (Å²) in [6.07, 6.45) is 4.66. The van der Waals surface area contributed by atoms with Gasteiger partial charge in [0.1, 0.15) is 0 Å². The second-order valence-corrected chi connectivity index (χ2v) is 6.84. The number of aryl methyl sites for hydroxylation is 1. The van der Waals surface area contributed by atoms with Crippen LogP contribution in [-0.4, -0.2) is 41.8 Å². The van der Waals surface area contributed by atoms with Gasteiger partial charge in [-0.25, -0.2) is 4.79 Å². The number of hydrogen-bond acceptors (Lipinski definition) is 2. The van der Waals surface area contributed by atoms with E-state index >= 15 is 0 Å². The first-order chi connectivity index (χ1) is 10.1. The van der Waals surface area contributed by atoms with Gasteiger partial charge in [0.2, 0.25) is 0 Å². The molecule has 1 fully saturated rings. The zero-order valence-electron chi connectivity index (χ0n) is 12.1. The quantitative estimate of drug-likeness (QED) is 0.837. The molecular weight excluding hydrogens is 332 g/mol. The zero-order valence-corrected chi connectivity index (χ0v) is 13.7. The van der Waals surface area contributed by atoms with Crippen LogP contribution in [-0.2, 0) is 6.42 Å². The topological polar surface area (TPSA) is 43.8 Å². The molecule has 5 heteroatoms. The van der Waals surface area contributed by atoms with E-state index in [1.807, 2.05) is 0 Å². The molecule has 1 aromatic rings. The molecule has 0 unspecified atom stereocenters. The van der Waals surface area contributed by atoms with E-state index < -0.39 is 6.09 Å². The summed E-state index contributed by atoms with van der Waals surface area (Å²) in [6.45, 7) is 2.40. The highest BCUT2D eigenvalue weighted by Crippen LogP contribution is 2.32. The number of benzene rings is 1. The van der Waals surface area contributed by atoms with Crippen LogP contribution < -0.4 is 4.90 Å². The SMILES string of the molecule is O=C(O)N1CCC(N2CCCCc3cc(Br)ccc32)CC1. The monoisotopic (exact) mass is 352 g/mol. The highest BCUT2D eigenvalue weighted by molar-refractivity contribution is 9.10. The molecular formula is C16H21BrN2O2. The maximum Gasteiger partial charge on any atom is 0.407 e. The van der Waals surface area contributed by atoms with E-state index in [1.54, 1.807) is 0 Å². The summed E-state index contributed by atoms with van der Waals surface area (Å²) in [5.41, 5.74) is 2.77. The predicted molar refractivity (Wildman–Crippen MR) is 87.0 cm³/mol. The molecule has 114 valence electrons. The van der Waals surface area contributed by atoms with Crippen molar-refractivity contribution in [3.63, 3.8) is 0 Å². The van der Waals surface area contributed by atoms with Crippen molar-refractivity contribution >= 4 is 27.7 Å². The number of hydrogen-bond donors (Lipinski definition) is 1. The zero-order chi connectivity index (χ0) is 14.8. The largest absolute Gasteiger partial charge is 0.465 e. The van der Waals surface area contributed by atoms with Crippen LogP contribution in [0.3, 0.4) is 0 Å². The second kappa shape index (κ2) is 6.26. The van der Waals surface area contributed by atoms with E-state index in [4.69, 9.17) is 5.11 Å². The lowest BCUT2D eigenvalue weighted by Crippen LogP contribution is -2.46. The van der Waals surface area contributed by atoms with Crippen molar-refractivity contribution in [1.82, 2.24) is 4.90 Å². The normalized spacial score (nSPS) is 20.0. The van der Waals surface area contributed by atoms with Gasteiger partial charge in [-0.3, -0.25) is 0 Å². The first kappa shape index (κ1) is 14.7. The number of fused-ring (bicyclic) bond motifs is 1. The third kappa shape index (κ3) is 3.18. The van der Waals surface area contributed by atoms with Gasteiger partial charge in [-0.1, -0.05) is 15.9 Å². The van der Waals surface area contributed by atoms with E-state index in [2.05, 4.69) is 39.0 Å². The number of rotatable bonds is 1. The van der Waals surface area contributed by atoms with Gasteiger partial charge in [-0.2, -0.15) is 0 Å². The Kier molecular flexibility index (Phi) is 4.38. The van der Waals surface area contributed by atoms with Crippen molar-refractivity contribution < 1.29 is 9.90 Å². The standard InChI is InChI=1S/C16H21BrN2O2/c17-13-4-5-15-12(11-13)3-1-2-8-19(15)14-6-9-18(10-7-14)16(20)21/h4-5,11,14H,1-3,6-10H2,(H,20,21). The number of nitrogens with zero attached hydrogens (tertiary/aromatic N) is 2. The Hall–Kier alpha value is -1.23. The van der Waals surface area contributed by atoms with Gasteiger partial charge in [0, 0.05) is 35.8 Å². The Morgan fingerprint density at radius 3 is 2.67 bits per heavy atom. The highest BCUT2D eigenvalue weighted by Gasteiger charge is 2.28. The number of anilines is 1. The molecule has 1 N–H and O–H groups in total. The first-order valence-electron chi connectivity index (χ1n) is 7.68. The summed E-state index contributed by atoms with van der Waals surface area (Å²) in [6, 6.07) is 7.04. The Bertz CT molecular complexity index is 527. The Morgan fingerprint density at radius 1 is 1.19 bits per heavy atom. The molecule has 0 radical (unpaired) electrons. The molecule has 0 saturated carbocycles. The van der Waals surface area contributed by atoms with Crippen LogP contribution in [0.5, 0.6) is 0 Å². The van der Waals surface area contributed by atoms with Crippen molar-refractivity contribution in [2.24, 2.45) is 0 Å². The van der Waals surface area contributed by atoms with Crippen LogP contribution >= 0.6 is 15.9 Å². The average molecular weight is 353 g/mol. The predicted octanol–water partition coefficient (Wildman–Crippen LogP) is 3.73. The maximum absolute atomic E-state index is 11.0. The van der Waals surface area contributed by atoms with Crippen molar-refractivity contribution in [2.45, 2.75) is 38.1 Å². The van der Waals surface area contributed by atoms with Crippen molar-refractivity contribution in [3.05, 3.63) is 28.2 Å². The highest BCUT2D eigenvalue weighted by atomic mass is 79.9. The fourth-order valence-electron chi connectivity index (χ4n) is 3.50. The molecule has 1 aromatic carbocycles. The molecule has 0 atom stereocenters. The molecule has 2 aliphatic heterocycles. The molecule has 0 spiro atoms. The molecule has 1 amide bonds. The summed E-state index contributed by atoms with van der Waals surface area (Å²) >= 11 is 3.57. The fourth-order valence-corrected chi connectivity index (χ4v) is 3.91. The van der Waals surface area contributed by atoms with Gasteiger partial charge in [0.05, 0.1) is 0 Å². The van der Waals surface area contributed by atoms with Gasteiger partial charge >= 0.3 is 6.09 Å². The average Bonchev–Trinajstić information content (AvgIpc) is 2.69. The lowest BCUT2D eigenvalue weighted by molar-refractivity contribution is 0.131. The van der Waals surface area contributed by atoms with Crippen LogP contribution in [0.2, 0.25) is 0 Å². The molecule has 3 rings (SSSR count). The third-order valence-electron chi connectivity index (χ3n) is 4.62. The number of amides is 1. The van der Waals surface area contributed by atoms with Gasteiger partial charge in [-0.05, 0) is 55.9 Å². The molecule has 0 aliphatic carbocycles. The van der Waals surface area contributed by atoms with Gasteiger partial charge in [-0.15, -0.1) is 0 Å². The first-order valence-corrected chi connectivity index (χ1v) is 8.47. The third-order valence-corrected chi connectivity index (χ3v) is 5.12. The second-order valence-electron chi connectivity index (χ2n) is 5.92. The minimum Gasteiger partial charge on any atom is -0.465 e. The van der Waals surface area contributed by atoms with Gasteiger partial charge < -0.3 is 14.9 Å². The van der Waals surface area contributed by atoms with E-state index in [1.165, 1.54) is 29.0 Å². The van der Waals surface area contributed by atoms with Gasteiger partial charge in [0.15, 0.2) is 0 Å². The number of carbonyl (C=O) groups is 1. The molecule has 1 saturated heterocycles. The molecule has 0 bridgehead atoms. The summed E-state index contributed by atoms with van der Waals surface area (Å²) in [5, 5.41) is 9.08. The molecule has 4 nitrogen and oxygen atoms in total. The lowest BCUT2D eigenvalue weighted by Gasteiger charge is -2.39. The Morgan fingerprint density at radius 2 is 1.95 bits per heavy atom. The Labute approximate surface area is 133 Å². The number of likely N-dealkylation sites (tertiary alicyclic amines) is 1. The number of halogens is 1. The van der Waals surface area contributed by atoms with E-state index in [0.29, 0.717) is 19.1 Å². The van der Waals surface area contributed by atoms with Crippen LogP contribution in [0.25, 0.3) is 0 Å². The van der Waals surface area contributed by atoms with Crippen molar-refractivity contribution in [3.8, 4) is 0 Å². The summed E-state index contributed by atoms with van der Waals surface area (Å²) < 4.78 is 1.14. The van der Waals surface area contributed by atoms with Crippen molar-refractivity contribution in [2.75, 3.05) is 24.5 Å². The Balaban J connectivity index is 1.78. The van der Waals surface area contributed by atoms with E-state index in [-0.39, 0.29) is 0 Å². The van der Waals surface area contributed by atoms with Gasteiger partial charge in [0.25, 0.3) is 0 Å². The van der Waals surface area contributed by atoms with E-state index in [9.17, 15) is 4.79 Å². The molecule has 0 aromatic heterocycles. The van der Waals surface area contributed by atoms with Crippen LogP contribution in [0.4, 0.5) is 10.5 Å². The number of piperidine rings is 1. The van der Waals surface area contributed by atoms with Crippen LogP contribution in [0, 0.1) is 0 Å². The van der Waals surface area contributed by atoms with Crippen molar-refractivity contribution in [1.29, 1.82) is 0 Å². The molecule has 2 heterocycles. The minimum absolute atomic E-state index is 0.471.